The normalized spacial score (nSPS) is 14.0. The summed E-state index contributed by atoms with van der Waals surface area (Å²) in [6, 6.07) is 15.3. The van der Waals surface area contributed by atoms with Gasteiger partial charge in [0.25, 0.3) is 0 Å². The predicted molar refractivity (Wildman–Crippen MR) is 143 cm³/mol. The fraction of sp³-hybridized carbons (Fsp3) is 0.143. The molecule has 1 saturated heterocycles. The Hall–Kier alpha value is -4.63. The average molecular weight is 491 g/mol. The third kappa shape index (κ3) is 3.71. The number of aryl methyl sites for hydroxylation is 1. The molecule has 0 atom stereocenters. The predicted octanol–water partition coefficient (Wildman–Crippen LogP) is 4.83. The molecule has 7 rings (SSSR count). The number of benzene rings is 2. The zero-order valence-electron chi connectivity index (χ0n) is 20.0. The largest absolute Gasteiger partial charge is 0.353 e. The molecule has 8 nitrogen and oxygen atoms in total. The number of halogens is 1. The number of pyridine rings is 1. The van der Waals surface area contributed by atoms with Gasteiger partial charge in [-0.25, -0.2) is 14.4 Å². The van der Waals surface area contributed by atoms with Crippen molar-refractivity contribution in [3.8, 4) is 33.8 Å². The van der Waals surface area contributed by atoms with Gasteiger partial charge in [0.2, 0.25) is 0 Å². The van der Waals surface area contributed by atoms with Gasteiger partial charge in [-0.3, -0.25) is 10.1 Å². The van der Waals surface area contributed by atoms with Crippen molar-refractivity contribution in [3.63, 3.8) is 0 Å². The van der Waals surface area contributed by atoms with Gasteiger partial charge in [-0.05, 0) is 53.9 Å². The van der Waals surface area contributed by atoms with E-state index in [4.69, 9.17) is 10.7 Å². The van der Waals surface area contributed by atoms with E-state index in [9.17, 15) is 4.39 Å². The van der Waals surface area contributed by atoms with Gasteiger partial charge in [-0.15, -0.1) is 0 Å². The summed E-state index contributed by atoms with van der Waals surface area (Å²) in [5.41, 5.74) is 13.4. The van der Waals surface area contributed by atoms with E-state index in [2.05, 4.69) is 36.1 Å². The number of hydrogen-bond acceptors (Lipinski definition) is 6. The number of fused-ring (bicyclic) bond motifs is 2. The third-order valence-electron chi connectivity index (χ3n) is 6.84. The summed E-state index contributed by atoms with van der Waals surface area (Å²) in [6.07, 6.45) is 5.27. The molecular formula is C28H23FN8. The summed E-state index contributed by atoms with van der Waals surface area (Å²) >= 11 is 0. The quantitative estimate of drug-likeness (QED) is 0.326. The summed E-state index contributed by atoms with van der Waals surface area (Å²) in [7, 11) is 0. The van der Waals surface area contributed by atoms with E-state index in [1.165, 1.54) is 6.07 Å². The second-order valence-electron chi connectivity index (χ2n) is 9.59. The lowest BCUT2D eigenvalue weighted by Crippen LogP contribution is -2.56. The van der Waals surface area contributed by atoms with Crippen molar-refractivity contribution in [1.82, 2.24) is 30.1 Å². The highest BCUT2D eigenvalue weighted by molar-refractivity contribution is 6.01. The molecule has 182 valence electrons. The van der Waals surface area contributed by atoms with Crippen molar-refractivity contribution < 1.29 is 4.39 Å². The first-order valence-corrected chi connectivity index (χ1v) is 12.1. The summed E-state index contributed by atoms with van der Waals surface area (Å²) in [4.78, 5) is 19.4. The summed E-state index contributed by atoms with van der Waals surface area (Å²) in [5.74, 6) is 0.561. The first-order valence-electron chi connectivity index (χ1n) is 12.1. The van der Waals surface area contributed by atoms with Crippen molar-refractivity contribution in [1.29, 1.82) is 0 Å². The van der Waals surface area contributed by atoms with E-state index in [1.54, 1.807) is 24.7 Å². The molecule has 0 spiro atoms. The SMILES string of the molecule is Cc1cc(F)cc(-c2cccc3[nH]c(-c4n[nH]c5ncc(-c6cncc(N7CC(N)C7)n6)cc45)cc23)c1. The third-order valence-corrected chi connectivity index (χ3v) is 6.84. The standard InChI is InChI=1S/C28H23FN8/c1-15-5-16(7-18(29)6-15)20-3-2-4-23-21(20)9-24(33-23)27-22-8-17(10-32-28(22)36-35-27)25-11-31-12-26(34-25)37-13-19(30)14-37/h2-12,19,33H,13-14,30H2,1H3,(H,32,35,36). The molecule has 4 aromatic heterocycles. The van der Waals surface area contributed by atoms with Crippen LogP contribution in [0.25, 0.3) is 55.7 Å². The van der Waals surface area contributed by atoms with Gasteiger partial charge in [0, 0.05) is 47.2 Å². The van der Waals surface area contributed by atoms with Gasteiger partial charge in [0.1, 0.15) is 17.3 Å². The van der Waals surface area contributed by atoms with Crippen LogP contribution in [0.15, 0.2) is 67.1 Å². The van der Waals surface area contributed by atoms with Crippen LogP contribution in [0, 0.1) is 12.7 Å². The van der Waals surface area contributed by atoms with Crippen LogP contribution in [0.5, 0.6) is 0 Å². The molecule has 0 saturated carbocycles. The minimum Gasteiger partial charge on any atom is -0.353 e. The lowest BCUT2D eigenvalue weighted by Gasteiger charge is -2.37. The number of anilines is 1. The van der Waals surface area contributed by atoms with Gasteiger partial charge >= 0.3 is 0 Å². The molecule has 1 aliphatic rings. The summed E-state index contributed by atoms with van der Waals surface area (Å²) in [5, 5.41) is 9.46. The zero-order chi connectivity index (χ0) is 25.1. The van der Waals surface area contributed by atoms with Crippen LogP contribution < -0.4 is 10.6 Å². The molecule has 0 radical (unpaired) electrons. The number of aromatic nitrogens is 6. The van der Waals surface area contributed by atoms with Gasteiger partial charge in [-0.1, -0.05) is 18.2 Å². The fourth-order valence-corrected chi connectivity index (χ4v) is 5.02. The molecule has 5 heterocycles. The Labute approximate surface area is 211 Å². The maximum atomic E-state index is 14.2. The maximum Gasteiger partial charge on any atom is 0.155 e. The van der Waals surface area contributed by atoms with Crippen molar-refractivity contribution in [2.75, 3.05) is 18.0 Å². The van der Waals surface area contributed by atoms with Gasteiger partial charge in [-0.2, -0.15) is 5.10 Å². The van der Waals surface area contributed by atoms with Crippen LogP contribution in [0.2, 0.25) is 0 Å². The van der Waals surface area contributed by atoms with Gasteiger partial charge in [0.15, 0.2) is 5.65 Å². The zero-order valence-corrected chi connectivity index (χ0v) is 20.0. The Morgan fingerprint density at radius 3 is 2.73 bits per heavy atom. The number of hydrogen-bond donors (Lipinski definition) is 3. The van der Waals surface area contributed by atoms with E-state index >= 15 is 0 Å². The first-order chi connectivity index (χ1) is 18.0. The number of nitrogens with one attached hydrogen (secondary N) is 2. The lowest BCUT2D eigenvalue weighted by molar-refractivity contribution is 0.514. The van der Waals surface area contributed by atoms with E-state index in [1.807, 2.05) is 37.3 Å². The van der Waals surface area contributed by atoms with Crippen LogP contribution in [0.3, 0.4) is 0 Å². The second-order valence-corrected chi connectivity index (χ2v) is 9.59. The Morgan fingerprint density at radius 2 is 1.89 bits per heavy atom. The highest BCUT2D eigenvalue weighted by Crippen LogP contribution is 2.35. The Morgan fingerprint density at radius 1 is 1.00 bits per heavy atom. The van der Waals surface area contributed by atoms with Crippen molar-refractivity contribution >= 4 is 27.8 Å². The summed E-state index contributed by atoms with van der Waals surface area (Å²) in [6.45, 7) is 3.45. The van der Waals surface area contributed by atoms with E-state index in [0.29, 0.717) is 5.65 Å². The smallest absolute Gasteiger partial charge is 0.155 e. The first kappa shape index (κ1) is 21.6. The fourth-order valence-electron chi connectivity index (χ4n) is 5.02. The molecule has 1 aliphatic heterocycles. The topological polar surface area (TPSA) is 112 Å². The highest BCUT2D eigenvalue weighted by Gasteiger charge is 2.25. The molecule has 6 aromatic rings. The minimum atomic E-state index is -0.246. The molecule has 37 heavy (non-hydrogen) atoms. The Bertz CT molecular complexity index is 1780. The molecule has 0 bridgehead atoms. The van der Waals surface area contributed by atoms with Crippen molar-refractivity contribution in [2.45, 2.75) is 13.0 Å². The molecule has 9 heteroatoms. The minimum absolute atomic E-state index is 0.179. The van der Waals surface area contributed by atoms with Crippen LogP contribution in [-0.4, -0.2) is 49.3 Å². The average Bonchev–Trinajstić information content (AvgIpc) is 3.49. The number of nitrogens with zero attached hydrogens (tertiary/aromatic N) is 5. The van der Waals surface area contributed by atoms with Crippen LogP contribution in [0.1, 0.15) is 5.56 Å². The van der Waals surface area contributed by atoms with Gasteiger partial charge in [0.05, 0.1) is 23.8 Å². The van der Waals surface area contributed by atoms with E-state index in [0.717, 1.165) is 74.5 Å². The number of aromatic amines is 2. The van der Waals surface area contributed by atoms with Gasteiger partial charge < -0.3 is 15.6 Å². The van der Waals surface area contributed by atoms with Crippen molar-refractivity contribution in [3.05, 3.63) is 78.5 Å². The molecule has 0 amide bonds. The molecule has 0 aliphatic carbocycles. The maximum absolute atomic E-state index is 14.2. The molecule has 2 aromatic carbocycles. The molecular weight excluding hydrogens is 467 g/mol. The van der Waals surface area contributed by atoms with Crippen LogP contribution >= 0.6 is 0 Å². The second kappa shape index (κ2) is 8.21. The Balaban J connectivity index is 1.31. The molecule has 4 N–H and O–H groups in total. The van der Waals surface area contributed by atoms with Crippen LogP contribution in [-0.2, 0) is 0 Å². The monoisotopic (exact) mass is 490 g/mol. The number of nitrogens with two attached hydrogens (primary N) is 1. The van der Waals surface area contributed by atoms with E-state index in [-0.39, 0.29) is 11.9 Å². The molecule has 0 unspecified atom stereocenters. The molecule has 1 fully saturated rings. The lowest BCUT2D eigenvalue weighted by atomic mass is 9.99. The number of rotatable bonds is 4. The van der Waals surface area contributed by atoms with Crippen molar-refractivity contribution in [2.24, 2.45) is 5.73 Å². The number of H-pyrrole nitrogens is 2. The van der Waals surface area contributed by atoms with Crippen LogP contribution in [0.4, 0.5) is 10.2 Å². The summed E-state index contributed by atoms with van der Waals surface area (Å²) < 4.78 is 14.2. The Kier molecular flexibility index (Phi) is 4.80. The highest BCUT2D eigenvalue weighted by atomic mass is 19.1. The van der Waals surface area contributed by atoms with E-state index < -0.39 is 0 Å².